The number of nitrogens with one attached hydrogen (secondary N) is 1. The number of nitrogens with zero attached hydrogens (tertiary/aromatic N) is 2. The predicted molar refractivity (Wildman–Crippen MR) is 100 cm³/mol. The molecule has 0 aliphatic carbocycles. The van der Waals surface area contributed by atoms with Crippen molar-refractivity contribution in [3.8, 4) is 0 Å². The van der Waals surface area contributed by atoms with Crippen molar-refractivity contribution in [3.05, 3.63) is 59.3 Å². The van der Waals surface area contributed by atoms with E-state index in [1.807, 2.05) is 42.9 Å². The van der Waals surface area contributed by atoms with Gasteiger partial charge in [-0.2, -0.15) is 5.10 Å². The van der Waals surface area contributed by atoms with Crippen LogP contribution >= 0.6 is 0 Å². The largest absolute Gasteiger partial charge is 0.465 e. The van der Waals surface area contributed by atoms with Crippen molar-refractivity contribution in [1.29, 1.82) is 0 Å². The second-order valence-electron chi connectivity index (χ2n) is 6.20. The Morgan fingerprint density at radius 2 is 1.96 bits per heavy atom. The van der Waals surface area contributed by atoms with Crippen molar-refractivity contribution in [2.75, 3.05) is 12.4 Å². The molecule has 6 nitrogen and oxygen atoms in total. The second kappa shape index (κ2) is 7.39. The number of esters is 1. The summed E-state index contributed by atoms with van der Waals surface area (Å²) in [4.78, 5) is 24.1. The van der Waals surface area contributed by atoms with Crippen LogP contribution in [0.15, 0.2) is 42.6 Å². The van der Waals surface area contributed by atoms with Gasteiger partial charge >= 0.3 is 5.97 Å². The zero-order valence-electron chi connectivity index (χ0n) is 15.1. The standard InChI is InChI=1S/C20H21N3O3/c1-13-7-8-16(11-17(13)20(25)26-3)22-18(24)9-10-23-19-14(2)5-4-6-15(19)12-21-23/h4-8,11-12H,9-10H2,1-3H3,(H,22,24). The number of aromatic nitrogens is 2. The lowest BCUT2D eigenvalue weighted by Gasteiger charge is -2.10. The molecule has 3 aromatic rings. The van der Waals surface area contributed by atoms with E-state index in [1.165, 1.54) is 7.11 Å². The fourth-order valence-electron chi connectivity index (χ4n) is 2.96. The Balaban J connectivity index is 1.68. The van der Waals surface area contributed by atoms with Crippen LogP contribution in [0, 0.1) is 13.8 Å². The van der Waals surface area contributed by atoms with Crippen LogP contribution in [0.25, 0.3) is 10.9 Å². The van der Waals surface area contributed by atoms with E-state index >= 15 is 0 Å². The second-order valence-corrected chi connectivity index (χ2v) is 6.20. The van der Waals surface area contributed by atoms with Gasteiger partial charge in [-0.3, -0.25) is 9.48 Å². The van der Waals surface area contributed by atoms with Gasteiger partial charge in [0.15, 0.2) is 0 Å². The molecule has 0 aliphatic heterocycles. The maximum atomic E-state index is 12.3. The molecule has 134 valence electrons. The molecule has 0 fully saturated rings. The van der Waals surface area contributed by atoms with E-state index in [4.69, 9.17) is 4.74 Å². The summed E-state index contributed by atoms with van der Waals surface area (Å²) >= 11 is 0. The molecule has 6 heteroatoms. The number of aryl methyl sites for hydroxylation is 3. The van der Waals surface area contributed by atoms with Crippen LogP contribution in [0.5, 0.6) is 0 Å². The average molecular weight is 351 g/mol. The van der Waals surface area contributed by atoms with Crippen molar-refractivity contribution in [3.63, 3.8) is 0 Å². The zero-order valence-corrected chi connectivity index (χ0v) is 15.1. The highest BCUT2D eigenvalue weighted by atomic mass is 16.5. The Morgan fingerprint density at radius 1 is 1.15 bits per heavy atom. The minimum atomic E-state index is -0.419. The Kier molecular flexibility index (Phi) is 5.02. The van der Waals surface area contributed by atoms with Gasteiger partial charge in [0.25, 0.3) is 0 Å². The molecule has 0 spiro atoms. The van der Waals surface area contributed by atoms with Crippen LogP contribution in [0.1, 0.15) is 27.9 Å². The molecule has 0 saturated heterocycles. The number of amides is 1. The number of benzene rings is 2. The molecule has 3 rings (SSSR count). The highest BCUT2D eigenvalue weighted by Crippen LogP contribution is 2.19. The van der Waals surface area contributed by atoms with E-state index in [0.717, 1.165) is 22.0 Å². The molecule has 0 aliphatic rings. The summed E-state index contributed by atoms with van der Waals surface area (Å²) in [7, 11) is 1.34. The molecule has 1 N–H and O–H groups in total. The van der Waals surface area contributed by atoms with Crippen LogP contribution in [0.2, 0.25) is 0 Å². The van der Waals surface area contributed by atoms with Crippen LogP contribution in [-0.2, 0) is 16.1 Å². The number of rotatable bonds is 5. The van der Waals surface area contributed by atoms with Gasteiger partial charge in [-0.1, -0.05) is 24.3 Å². The van der Waals surface area contributed by atoms with Crippen molar-refractivity contribution >= 4 is 28.5 Å². The van der Waals surface area contributed by atoms with Gasteiger partial charge in [-0.25, -0.2) is 4.79 Å². The Bertz CT molecular complexity index is 976. The maximum absolute atomic E-state index is 12.3. The van der Waals surface area contributed by atoms with Gasteiger partial charge in [-0.05, 0) is 37.1 Å². The topological polar surface area (TPSA) is 73.2 Å². The number of carbonyl (C=O) groups excluding carboxylic acids is 2. The van der Waals surface area contributed by atoms with Crippen molar-refractivity contribution < 1.29 is 14.3 Å². The Labute approximate surface area is 151 Å². The molecule has 1 aromatic heterocycles. The smallest absolute Gasteiger partial charge is 0.338 e. The minimum absolute atomic E-state index is 0.137. The summed E-state index contributed by atoms with van der Waals surface area (Å²) in [5.74, 6) is -0.556. The molecule has 0 saturated carbocycles. The van der Waals surface area contributed by atoms with E-state index in [-0.39, 0.29) is 12.3 Å². The molecule has 0 bridgehead atoms. The molecule has 26 heavy (non-hydrogen) atoms. The SMILES string of the molecule is COC(=O)c1cc(NC(=O)CCn2ncc3cccc(C)c32)ccc1C. The Morgan fingerprint density at radius 3 is 2.73 bits per heavy atom. The third-order valence-electron chi connectivity index (χ3n) is 4.34. The van der Waals surface area contributed by atoms with Gasteiger partial charge in [0.1, 0.15) is 0 Å². The quantitative estimate of drug-likeness (QED) is 0.715. The molecule has 1 heterocycles. The number of hydrogen-bond acceptors (Lipinski definition) is 4. The lowest BCUT2D eigenvalue weighted by atomic mass is 10.1. The van der Waals surface area contributed by atoms with E-state index in [2.05, 4.69) is 10.4 Å². The number of anilines is 1. The molecular formula is C20H21N3O3. The van der Waals surface area contributed by atoms with Crippen LogP contribution in [0.4, 0.5) is 5.69 Å². The fraction of sp³-hybridized carbons (Fsp3) is 0.250. The van der Waals surface area contributed by atoms with Gasteiger partial charge in [-0.15, -0.1) is 0 Å². The zero-order chi connectivity index (χ0) is 18.7. The van der Waals surface area contributed by atoms with Crippen LogP contribution < -0.4 is 5.32 Å². The molecule has 0 radical (unpaired) electrons. The summed E-state index contributed by atoms with van der Waals surface area (Å²) in [6.07, 6.45) is 2.09. The minimum Gasteiger partial charge on any atom is -0.465 e. The van der Waals surface area contributed by atoms with E-state index in [1.54, 1.807) is 18.2 Å². The van der Waals surface area contributed by atoms with Crippen molar-refractivity contribution in [1.82, 2.24) is 9.78 Å². The number of fused-ring (bicyclic) bond motifs is 1. The molecule has 1 amide bonds. The maximum Gasteiger partial charge on any atom is 0.338 e. The third kappa shape index (κ3) is 3.59. The van der Waals surface area contributed by atoms with E-state index < -0.39 is 5.97 Å². The molecular weight excluding hydrogens is 330 g/mol. The fourth-order valence-corrected chi connectivity index (χ4v) is 2.96. The highest BCUT2D eigenvalue weighted by Gasteiger charge is 2.12. The van der Waals surface area contributed by atoms with E-state index in [0.29, 0.717) is 17.8 Å². The first-order valence-electron chi connectivity index (χ1n) is 8.39. The summed E-state index contributed by atoms with van der Waals surface area (Å²) in [5.41, 5.74) is 3.99. The lowest BCUT2D eigenvalue weighted by Crippen LogP contribution is -2.16. The first-order chi connectivity index (χ1) is 12.5. The van der Waals surface area contributed by atoms with Crippen molar-refractivity contribution in [2.24, 2.45) is 0 Å². The summed E-state index contributed by atoms with van der Waals surface area (Å²) in [6, 6.07) is 11.2. The predicted octanol–water partition coefficient (Wildman–Crippen LogP) is 3.47. The van der Waals surface area contributed by atoms with Gasteiger partial charge in [0, 0.05) is 17.5 Å². The highest BCUT2D eigenvalue weighted by molar-refractivity contribution is 5.95. The monoisotopic (exact) mass is 351 g/mol. The van der Waals surface area contributed by atoms with Crippen LogP contribution in [0.3, 0.4) is 0 Å². The van der Waals surface area contributed by atoms with Gasteiger partial charge < -0.3 is 10.1 Å². The first kappa shape index (κ1) is 17.7. The average Bonchev–Trinajstić information content (AvgIpc) is 3.05. The number of hydrogen-bond donors (Lipinski definition) is 1. The number of methoxy groups -OCH3 is 1. The first-order valence-corrected chi connectivity index (χ1v) is 8.39. The van der Waals surface area contributed by atoms with Crippen LogP contribution in [-0.4, -0.2) is 28.8 Å². The number of para-hydroxylation sites is 1. The van der Waals surface area contributed by atoms with E-state index in [9.17, 15) is 9.59 Å². The third-order valence-corrected chi connectivity index (χ3v) is 4.34. The molecule has 2 aromatic carbocycles. The molecule has 0 unspecified atom stereocenters. The molecule has 0 atom stereocenters. The number of ether oxygens (including phenoxy) is 1. The van der Waals surface area contributed by atoms with Gasteiger partial charge in [0.2, 0.25) is 5.91 Å². The van der Waals surface area contributed by atoms with Crippen molar-refractivity contribution in [2.45, 2.75) is 26.8 Å². The summed E-state index contributed by atoms with van der Waals surface area (Å²) in [6.45, 7) is 4.33. The summed E-state index contributed by atoms with van der Waals surface area (Å²) in [5, 5.41) is 8.26. The Hall–Kier alpha value is -3.15. The normalized spacial score (nSPS) is 10.7. The summed E-state index contributed by atoms with van der Waals surface area (Å²) < 4.78 is 6.61. The number of carbonyl (C=O) groups is 2. The lowest BCUT2D eigenvalue weighted by molar-refractivity contribution is -0.116. The van der Waals surface area contributed by atoms with Gasteiger partial charge in [0.05, 0.1) is 30.9 Å².